The number of rotatable bonds is 5. The average Bonchev–Trinajstić information content (AvgIpc) is 2.94. The molecule has 1 aromatic heterocycles. The lowest BCUT2D eigenvalue weighted by Crippen LogP contribution is -2.02. The number of methoxy groups -OCH3 is 1. The Morgan fingerprint density at radius 1 is 1.25 bits per heavy atom. The van der Waals surface area contributed by atoms with Gasteiger partial charge in [-0.2, -0.15) is 0 Å². The first-order valence-electron chi connectivity index (χ1n) is 7.04. The molecule has 7 heteroatoms. The molecule has 0 aliphatic rings. The van der Waals surface area contributed by atoms with Crippen LogP contribution in [0.1, 0.15) is 15.2 Å². The summed E-state index contributed by atoms with van der Waals surface area (Å²) in [7, 11) is 1.53. The zero-order valence-electron chi connectivity index (χ0n) is 12.7. The molecular weight excluding hydrogens is 329 g/mol. The number of benzene rings is 2. The van der Waals surface area contributed by atoms with Crippen molar-refractivity contribution in [2.75, 3.05) is 18.2 Å². The van der Waals surface area contributed by atoms with Gasteiger partial charge < -0.3 is 15.8 Å². The molecule has 0 saturated heterocycles. The summed E-state index contributed by atoms with van der Waals surface area (Å²) in [6, 6.07) is 12.8. The highest BCUT2D eigenvalue weighted by molar-refractivity contribution is 7.18. The highest BCUT2D eigenvalue weighted by Crippen LogP contribution is 2.30. The molecule has 0 aliphatic heterocycles. The van der Waals surface area contributed by atoms with Gasteiger partial charge in [0.15, 0.2) is 5.13 Å². The van der Waals surface area contributed by atoms with E-state index in [2.05, 4.69) is 10.3 Å². The zero-order valence-corrected chi connectivity index (χ0v) is 13.6. The molecule has 0 atom stereocenters. The molecule has 0 unspecified atom stereocenters. The number of hydrogen-bond donors (Lipinski definition) is 2. The minimum atomic E-state index is -0.364. The van der Waals surface area contributed by atoms with Crippen molar-refractivity contribution < 1.29 is 13.9 Å². The predicted octanol–water partition coefficient (Wildman–Crippen LogP) is 3.85. The van der Waals surface area contributed by atoms with Crippen LogP contribution in [0.2, 0.25) is 0 Å². The minimum absolute atomic E-state index is 0.131. The van der Waals surface area contributed by atoms with Crippen LogP contribution in [0.5, 0.6) is 5.75 Å². The maximum atomic E-state index is 13.2. The van der Waals surface area contributed by atoms with Crippen molar-refractivity contribution in [3.63, 3.8) is 0 Å². The van der Waals surface area contributed by atoms with Crippen molar-refractivity contribution >= 4 is 33.8 Å². The molecule has 5 nitrogen and oxygen atoms in total. The number of aromatic nitrogens is 1. The van der Waals surface area contributed by atoms with Crippen LogP contribution < -0.4 is 15.8 Å². The fourth-order valence-corrected chi connectivity index (χ4v) is 3.00. The first-order valence-corrected chi connectivity index (χ1v) is 7.86. The molecule has 0 bridgehead atoms. The molecule has 0 spiro atoms. The molecule has 0 aliphatic carbocycles. The van der Waals surface area contributed by atoms with Crippen molar-refractivity contribution in [3.05, 3.63) is 64.8 Å². The number of ether oxygens (including phenoxy) is 1. The van der Waals surface area contributed by atoms with Crippen LogP contribution in [-0.4, -0.2) is 17.9 Å². The maximum Gasteiger partial charge on any atom is 0.206 e. The van der Waals surface area contributed by atoms with Crippen LogP contribution in [0.15, 0.2) is 48.5 Å². The summed E-state index contributed by atoms with van der Waals surface area (Å²) < 4.78 is 18.4. The van der Waals surface area contributed by atoms with Gasteiger partial charge in [-0.25, -0.2) is 9.37 Å². The summed E-state index contributed by atoms with van der Waals surface area (Å²) in [6.45, 7) is 0. The number of ketones is 1. The van der Waals surface area contributed by atoms with Gasteiger partial charge in [0.1, 0.15) is 22.3 Å². The van der Waals surface area contributed by atoms with Crippen molar-refractivity contribution in [1.29, 1.82) is 0 Å². The number of nitrogen functional groups attached to an aromatic ring is 1. The predicted molar refractivity (Wildman–Crippen MR) is 92.6 cm³/mol. The molecule has 0 amide bonds. The van der Waals surface area contributed by atoms with Crippen LogP contribution in [0, 0.1) is 5.82 Å². The lowest BCUT2D eigenvalue weighted by molar-refractivity contribution is 0.104. The van der Waals surface area contributed by atoms with Crippen LogP contribution >= 0.6 is 11.3 Å². The maximum absolute atomic E-state index is 13.2. The van der Waals surface area contributed by atoms with E-state index in [0.29, 0.717) is 27.0 Å². The molecule has 0 fully saturated rings. The van der Waals surface area contributed by atoms with Crippen LogP contribution in [0.3, 0.4) is 0 Å². The SMILES string of the molecule is COc1cccc(C(=O)c2sc(Nc3cccc(F)c3)nc2N)c1. The van der Waals surface area contributed by atoms with E-state index in [1.54, 1.807) is 36.4 Å². The molecule has 0 saturated carbocycles. The number of carbonyl (C=O) groups excluding carboxylic acids is 1. The molecule has 2 aromatic carbocycles. The van der Waals surface area contributed by atoms with Gasteiger partial charge in [0, 0.05) is 11.3 Å². The van der Waals surface area contributed by atoms with Gasteiger partial charge in [-0.3, -0.25) is 4.79 Å². The van der Waals surface area contributed by atoms with E-state index >= 15 is 0 Å². The minimum Gasteiger partial charge on any atom is -0.497 e. The van der Waals surface area contributed by atoms with Crippen molar-refractivity contribution in [3.8, 4) is 5.75 Å². The Bertz CT molecular complexity index is 895. The van der Waals surface area contributed by atoms with Gasteiger partial charge in [-0.05, 0) is 30.3 Å². The van der Waals surface area contributed by atoms with E-state index in [0.717, 1.165) is 11.3 Å². The highest BCUT2D eigenvalue weighted by atomic mass is 32.1. The van der Waals surface area contributed by atoms with Gasteiger partial charge in [-0.1, -0.05) is 29.5 Å². The van der Waals surface area contributed by atoms with Crippen LogP contribution in [0.4, 0.5) is 21.0 Å². The summed E-state index contributed by atoms with van der Waals surface area (Å²) >= 11 is 1.12. The van der Waals surface area contributed by atoms with Gasteiger partial charge in [0.2, 0.25) is 5.78 Å². The van der Waals surface area contributed by atoms with E-state index in [1.165, 1.54) is 19.2 Å². The second kappa shape index (κ2) is 6.67. The smallest absolute Gasteiger partial charge is 0.206 e. The number of nitrogens with one attached hydrogen (secondary N) is 1. The van der Waals surface area contributed by atoms with Gasteiger partial charge in [-0.15, -0.1) is 0 Å². The van der Waals surface area contributed by atoms with E-state index in [1.807, 2.05) is 0 Å². The van der Waals surface area contributed by atoms with E-state index < -0.39 is 0 Å². The summed E-state index contributed by atoms with van der Waals surface area (Å²) in [5, 5.41) is 3.37. The lowest BCUT2D eigenvalue weighted by Gasteiger charge is -2.02. The molecule has 3 N–H and O–H groups in total. The number of hydrogen-bond acceptors (Lipinski definition) is 6. The Morgan fingerprint density at radius 2 is 2.04 bits per heavy atom. The largest absolute Gasteiger partial charge is 0.497 e. The van der Waals surface area contributed by atoms with E-state index in [4.69, 9.17) is 10.5 Å². The van der Waals surface area contributed by atoms with Crippen molar-refractivity contribution in [2.24, 2.45) is 0 Å². The number of halogens is 1. The fraction of sp³-hybridized carbons (Fsp3) is 0.0588. The Hall–Kier alpha value is -2.93. The van der Waals surface area contributed by atoms with Gasteiger partial charge in [0.05, 0.1) is 7.11 Å². The number of nitrogens with zero attached hydrogens (tertiary/aromatic N) is 1. The van der Waals surface area contributed by atoms with Gasteiger partial charge in [0.25, 0.3) is 0 Å². The summed E-state index contributed by atoms with van der Waals surface area (Å²) in [5.41, 5.74) is 6.86. The topological polar surface area (TPSA) is 77.2 Å². The number of anilines is 3. The lowest BCUT2D eigenvalue weighted by atomic mass is 10.1. The Morgan fingerprint density at radius 3 is 2.79 bits per heavy atom. The third-order valence-electron chi connectivity index (χ3n) is 3.27. The van der Waals surface area contributed by atoms with Crippen molar-refractivity contribution in [2.45, 2.75) is 0 Å². The van der Waals surface area contributed by atoms with Crippen LogP contribution in [0.25, 0.3) is 0 Å². The first kappa shape index (κ1) is 15.9. The Kier molecular flexibility index (Phi) is 4.43. The second-order valence-electron chi connectivity index (χ2n) is 4.93. The first-order chi connectivity index (χ1) is 11.6. The number of carbonyl (C=O) groups is 1. The Balaban J connectivity index is 1.86. The zero-order chi connectivity index (χ0) is 17.1. The molecule has 0 radical (unpaired) electrons. The molecule has 24 heavy (non-hydrogen) atoms. The highest BCUT2D eigenvalue weighted by Gasteiger charge is 2.18. The molecule has 3 aromatic rings. The summed E-state index contributed by atoms with van der Waals surface area (Å²) in [5.74, 6) is 0.113. The molecule has 122 valence electrons. The van der Waals surface area contributed by atoms with Crippen LogP contribution in [-0.2, 0) is 0 Å². The summed E-state index contributed by atoms with van der Waals surface area (Å²) in [6.07, 6.45) is 0. The molecular formula is C17H14FN3O2S. The van der Waals surface area contributed by atoms with E-state index in [-0.39, 0.29) is 17.4 Å². The normalized spacial score (nSPS) is 10.4. The van der Waals surface area contributed by atoms with E-state index in [9.17, 15) is 9.18 Å². The monoisotopic (exact) mass is 343 g/mol. The molecule has 1 heterocycles. The Labute approximate surface area is 141 Å². The van der Waals surface area contributed by atoms with Gasteiger partial charge >= 0.3 is 0 Å². The second-order valence-corrected chi connectivity index (χ2v) is 5.93. The average molecular weight is 343 g/mol. The standard InChI is InChI=1S/C17H14FN3O2S/c1-23-13-7-2-4-10(8-13)14(22)15-16(19)21-17(24-15)20-12-6-3-5-11(18)9-12/h2-9H,19H2,1H3,(H,20,21). The summed E-state index contributed by atoms with van der Waals surface area (Å²) in [4.78, 5) is 17.1. The third-order valence-corrected chi connectivity index (χ3v) is 4.25. The quantitative estimate of drug-likeness (QED) is 0.688. The number of nitrogens with two attached hydrogens (primary N) is 1. The third kappa shape index (κ3) is 3.36. The number of thiazole rings is 1. The molecule has 3 rings (SSSR count). The fourth-order valence-electron chi connectivity index (χ4n) is 2.13. The van der Waals surface area contributed by atoms with Crippen molar-refractivity contribution in [1.82, 2.24) is 4.98 Å².